The average molecular weight is 316 g/mol. The van der Waals surface area contributed by atoms with Crippen molar-refractivity contribution in [3.05, 3.63) is 29.6 Å². The fourth-order valence-electron chi connectivity index (χ4n) is 2.49. The molecule has 1 aromatic carbocycles. The smallest absolute Gasteiger partial charge is 0.240 e. The van der Waals surface area contributed by atoms with E-state index in [0.29, 0.717) is 19.4 Å². The van der Waals surface area contributed by atoms with E-state index in [1.807, 2.05) is 13.8 Å². The third kappa shape index (κ3) is 4.00. The van der Waals surface area contributed by atoms with Crippen LogP contribution in [0.5, 0.6) is 0 Å². The molecule has 1 aliphatic heterocycles. The van der Waals surface area contributed by atoms with E-state index in [0.717, 1.165) is 6.07 Å². The highest BCUT2D eigenvalue weighted by atomic mass is 32.2. The van der Waals surface area contributed by atoms with Gasteiger partial charge in [0.1, 0.15) is 5.82 Å². The Labute approximate surface area is 124 Å². The van der Waals surface area contributed by atoms with Crippen LogP contribution in [0.25, 0.3) is 0 Å². The molecule has 118 valence electrons. The van der Waals surface area contributed by atoms with Crippen LogP contribution in [0, 0.1) is 5.82 Å². The molecular weight excluding hydrogens is 295 g/mol. The van der Waals surface area contributed by atoms with Gasteiger partial charge in [-0.25, -0.2) is 17.5 Å². The zero-order valence-electron chi connectivity index (χ0n) is 12.2. The van der Waals surface area contributed by atoms with Crippen molar-refractivity contribution in [1.82, 2.24) is 4.72 Å². The van der Waals surface area contributed by atoms with Crippen molar-refractivity contribution in [2.24, 2.45) is 5.73 Å². The van der Waals surface area contributed by atoms with E-state index in [1.54, 1.807) is 0 Å². The first kappa shape index (κ1) is 16.4. The summed E-state index contributed by atoms with van der Waals surface area (Å²) >= 11 is 0. The van der Waals surface area contributed by atoms with Gasteiger partial charge in [-0.1, -0.05) is 0 Å². The molecule has 1 atom stereocenters. The van der Waals surface area contributed by atoms with Gasteiger partial charge in [-0.05, 0) is 44.9 Å². The maximum atomic E-state index is 13.4. The SMILES string of the molecule is CC1(C)CC(NS(=O)(=O)c2ccc(F)c(CN)c2)CCO1. The summed E-state index contributed by atoms with van der Waals surface area (Å²) in [6.45, 7) is 4.33. The maximum Gasteiger partial charge on any atom is 0.240 e. The van der Waals surface area contributed by atoms with Crippen molar-refractivity contribution >= 4 is 10.0 Å². The molecule has 3 N–H and O–H groups in total. The number of hydrogen-bond acceptors (Lipinski definition) is 4. The zero-order chi connectivity index (χ0) is 15.7. The third-order valence-electron chi connectivity index (χ3n) is 3.57. The highest BCUT2D eigenvalue weighted by molar-refractivity contribution is 7.89. The van der Waals surface area contributed by atoms with Crippen LogP contribution < -0.4 is 10.5 Å². The summed E-state index contributed by atoms with van der Waals surface area (Å²) in [5.41, 5.74) is 5.25. The molecule has 21 heavy (non-hydrogen) atoms. The molecule has 5 nitrogen and oxygen atoms in total. The second kappa shape index (κ2) is 6.00. The van der Waals surface area contributed by atoms with Crippen LogP contribution in [-0.2, 0) is 21.3 Å². The molecule has 7 heteroatoms. The predicted molar refractivity (Wildman–Crippen MR) is 77.7 cm³/mol. The topological polar surface area (TPSA) is 81.4 Å². The van der Waals surface area contributed by atoms with Crippen molar-refractivity contribution < 1.29 is 17.5 Å². The summed E-state index contributed by atoms with van der Waals surface area (Å²) in [4.78, 5) is 0.0358. The minimum Gasteiger partial charge on any atom is -0.375 e. The van der Waals surface area contributed by atoms with Crippen molar-refractivity contribution in [2.75, 3.05) is 6.61 Å². The van der Waals surface area contributed by atoms with Gasteiger partial charge in [-0.2, -0.15) is 0 Å². The first-order chi connectivity index (χ1) is 9.73. The van der Waals surface area contributed by atoms with Crippen LogP contribution in [0.3, 0.4) is 0 Å². The largest absolute Gasteiger partial charge is 0.375 e. The number of sulfonamides is 1. The van der Waals surface area contributed by atoms with Crippen LogP contribution in [0.1, 0.15) is 32.3 Å². The molecule has 1 heterocycles. The van der Waals surface area contributed by atoms with E-state index in [-0.39, 0.29) is 28.6 Å². The highest BCUT2D eigenvalue weighted by Crippen LogP contribution is 2.25. The number of halogens is 1. The molecule has 1 aromatic rings. The van der Waals surface area contributed by atoms with Gasteiger partial charge in [0.05, 0.1) is 10.5 Å². The van der Waals surface area contributed by atoms with E-state index >= 15 is 0 Å². The Hall–Kier alpha value is -1.02. The molecule has 2 rings (SSSR count). The van der Waals surface area contributed by atoms with Gasteiger partial charge >= 0.3 is 0 Å². The Morgan fingerprint density at radius 1 is 1.48 bits per heavy atom. The Balaban J connectivity index is 2.18. The van der Waals surface area contributed by atoms with Crippen LogP contribution >= 0.6 is 0 Å². The number of nitrogens with one attached hydrogen (secondary N) is 1. The van der Waals surface area contributed by atoms with Gasteiger partial charge in [0, 0.05) is 24.8 Å². The molecule has 1 saturated heterocycles. The number of rotatable bonds is 4. The summed E-state index contributed by atoms with van der Waals surface area (Å²) in [5, 5.41) is 0. The Morgan fingerprint density at radius 3 is 2.81 bits per heavy atom. The minimum absolute atomic E-state index is 0.0358. The molecule has 0 amide bonds. The van der Waals surface area contributed by atoms with Crippen molar-refractivity contribution in [3.8, 4) is 0 Å². The number of nitrogens with two attached hydrogens (primary N) is 1. The van der Waals surface area contributed by atoms with E-state index in [9.17, 15) is 12.8 Å². The molecule has 0 aliphatic carbocycles. The van der Waals surface area contributed by atoms with Crippen molar-refractivity contribution in [3.63, 3.8) is 0 Å². The van der Waals surface area contributed by atoms with Gasteiger partial charge in [0.25, 0.3) is 0 Å². The Bertz CT molecular complexity index is 617. The fraction of sp³-hybridized carbons (Fsp3) is 0.571. The Kier molecular flexibility index (Phi) is 4.67. The second-order valence-electron chi connectivity index (χ2n) is 5.88. The molecule has 1 fully saturated rings. The van der Waals surface area contributed by atoms with E-state index in [1.165, 1.54) is 12.1 Å². The first-order valence-electron chi connectivity index (χ1n) is 6.88. The number of hydrogen-bond donors (Lipinski definition) is 2. The van der Waals surface area contributed by atoms with Gasteiger partial charge in [0.15, 0.2) is 0 Å². The molecule has 0 spiro atoms. The number of benzene rings is 1. The maximum absolute atomic E-state index is 13.4. The van der Waals surface area contributed by atoms with Crippen LogP contribution in [0.15, 0.2) is 23.1 Å². The summed E-state index contributed by atoms with van der Waals surface area (Å²) in [7, 11) is -3.69. The van der Waals surface area contributed by atoms with E-state index < -0.39 is 15.8 Å². The van der Waals surface area contributed by atoms with Crippen LogP contribution in [-0.4, -0.2) is 26.7 Å². The zero-order valence-corrected chi connectivity index (χ0v) is 13.0. The van der Waals surface area contributed by atoms with E-state index in [4.69, 9.17) is 10.5 Å². The van der Waals surface area contributed by atoms with Gasteiger partial charge in [-0.15, -0.1) is 0 Å². The van der Waals surface area contributed by atoms with Crippen molar-refractivity contribution in [2.45, 2.75) is 49.8 Å². The van der Waals surface area contributed by atoms with Crippen molar-refractivity contribution in [1.29, 1.82) is 0 Å². The second-order valence-corrected chi connectivity index (χ2v) is 7.59. The summed E-state index contributed by atoms with van der Waals surface area (Å²) in [6.07, 6.45) is 1.21. The standard InChI is InChI=1S/C14H21FN2O3S/c1-14(2)8-11(5-6-20-14)17-21(18,19)12-3-4-13(15)10(7-12)9-16/h3-4,7,11,17H,5-6,8-9,16H2,1-2H3. The normalized spacial score (nSPS) is 22.2. The summed E-state index contributed by atoms with van der Waals surface area (Å²) in [5.74, 6) is -0.497. The molecular formula is C14H21FN2O3S. The third-order valence-corrected chi connectivity index (χ3v) is 5.08. The molecule has 0 saturated carbocycles. The van der Waals surface area contributed by atoms with E-state index in [2.05, 4.69) is 4.72 Å². The molecule has 1 aliphatic rings. The monoisotopic (exact) mass is 316 g/mol. The van der Waals surface area contributed by atoms with Gasteiger partial charge < -0.3 is 10.5 Å². The lowest BCUT2D eigenvalue weighted by atomic mass is 9.95. The molecule has 1 unspecified atom stereocenters. The Morgan fingerprint density at radius 2 is 2.19 bits per heavy atom. The highest BCUT2D eigenvalue weighted by Gasteiger charge is 2.31. The quantitative estimate of drug-likeness (QED) is 0.882. The minimum atomic E-state index is -3.69. The summed E-state index contributed by atoms with van der Waals surface area (Å²) < 4.78 is 46.4. The number of ether oxygens (including phenoxy) is 1. The predicted octanol–water partition coefficient (Wildman–Crippen LogP) is 1.52. The average Bonchev–Trinajstić information content (AvgIpc) is 2.37. The molecule has 0 radical (unpaired) electrons. The van der Waals surface area contributed by atoms with Crippen LogP contribution in [0.4, 0.5) is 4.39 Å². The lowest BCUT2D eigenvalue weighted by Gasteiger charge is -2.35. The fourth-order valence-corrected chi connectivity index (χ4v) is 3.82. The van der Waals surface area contributed by atoms with Gasteiger partial charge in [-0.3, -0.25) is 0 Å². The first-order valence-corrected chi connectivity index (χ1v) is 8.37. The van der Waals surface area contributed by atoms with Gasteiger partial charge in [0.2, 0.25) is 10.0 Å². The molecule has 0 aromatic heterocycles. The lowest BCUT2D eigenvalue weighted by molar-refractivity contribution is -0.0599. The summed E-state index contributed by atoms with van der Waals surface area (Å²) in [6, 6.07) is 3.47. The van der Waals surface area contributed by atoms with Crippen LogP contribution in [0.2, 0.25) is 0 Å². The lowest BCUT2D eigenvalue weighted by Crippen LogP contribution is -2.45. The molecule has 0 bridgehead atoms.